The van der Waals surface area contributed by atoms with Crippen molar-refractivity contribution in [3.8, 4) is 5.75 Å². The van der Waals surface area contributed by atoms with Crippen LogP contribution in [0.5, 0.6) is 5.75 Å². The largest absolute Gasteiger partial charge is 0.507 e. The number of nitrogens with zero attached hydrogens (tertiary/aromatic N) is 1. The molecule has 0 radical (unpaired) electrons. The van der Waals surface area contributed by atoms with Crippen molar-refractivity contribution in [3.63, 3.8) is 0 Å². The number of amides is 1. The number of hydrazone groups is 1. The van der Waals surface area contributed by atoms with Gasteiger partial charge in [0.2, 0.25) is 0 Å². The monoisotopic (exact) mass is 294 g/mol. The predicted molar refractivity (Wildman–Crippen MR) is 84.1 cm³/mol. The summed E-state index contributed by atoms with van der Waals surface area (Å²) in [5.41, 5.74) is 3.41. The smallest absolute Gasteiger partial charge is 0.274 e. The van der Waals surface area contributed by atoms with Crippen molar-refractivity contribution in [3.05, 3.63) is 65.6 Å². The fraction of sp³-hybridized carbons (Fsp3) is 0.0588. The molecular formula is C17H14N2O3. The van der Waals surface area contributed by atoms with E-state index in [-0.39, 0.29) is 11.7 Å². The van der Waals surface area contributed by atoms with E-state index < -0.39 is 0 Å². The Morgan fingerprint density at radius 2 is 2.05 bits per heavy atom. The summed E-state index contributed by atoms with van der Waals surface area (Å²) in [6.45, 7) is 1.70. The highest BCUT2D eigenvalue weighted by Gasteiger charge is 2.10. The summed E-state index contributed by atoms with van der Waals surface area (Å²) in [5.74, 6) is 0.277. The first-order valence-electron chi connectivity index (χ1n) is 6.75. The molecule has 2 N–H and O–H groups in total. The third-order valence-corrected chi connectivity index (χ3v) is 3.41. The summed E-state index contributed by atoms with van der Waals surface area (Å²) < 4.78 is 5.07. The molecule has 0 unspecified atom stereocenters. The van der Waals surface area contributed by atoms with Gasteiger partial charge in [-0.05, 0) is 29.8 Å². The van der Waals surface area contributed by atoms with E-state index in [2.05, 4.69) is 10.5 Å². The molecule has 1 amide bonds. The Morgan fingerprint density at radius 3 is 2.82 bits per heavy atom. The number of carbonyl (C=O) groups is 1. The fourth-order valence-corrected chi connectivity index (χ4v) is 2.26. The maximum atomic E-state index is 11.9. The molecule has 5 nitrogen and oxygen atoms in total. The minimum absolute atomic E-state index is 0.108. The van der Waals surface area contributed by atoms with Crippen LogP contribution >= 0.6 is 0 Å². The Bertz CT molecular complexity index is 865. The lowest BCUT2D eigenvalue weighted by atomic mass is 10.0. The van der Waals surface area contributed by atoms with Crippen LogP contribution in [0.3, 0.4) is 0 Å². The molecule has 3 aromatic rings. The molecule has 3 rings (SSSR count). The number of phenols is 1. The summed E-state index contributed by atoms with van der Waals surface area (Å²) in [7, 11) is 0. The third kappa shape index (κ3) is 2.56. The van der Waals surface area contributed by atoms with Crippen molar-refractivity contribution in [1.82, 2.24) is 5.43 Å². The minimum atomic E-state index is -0.359. The molecule has 22 heavy (non-hydrogen) atoms. The van der Waals surface area contributed by atoms with Crippen LogP contribution in [0.1, 0.15) is 21.7 Å². The van der Waals surface area contributed by atoms with Gasteiger partial charge < -0.3 is 9.52 Å². The molecule has 0 aliphatic heterocycles. The second kappa shape index (κ2) is 5.73. The number of hydrogen-bond donors (Lipinski definition) is 2. The van der Waals surface area contributed by atoms with Gasteiger partial charge >= 0.3 is 0 Å². The van der Waals surface area contributed by atoms with Crippen LogP contribution < -0.4 is 5.43 Å². The summed E-state index contributed by atoms with van der Waals surface area (Å²) in [5, 5.41) is 15.8. The number of furan rings is 1. The lowest BCUT2D eigenvalue weighted by Gasteiger charge is -2.04. The van der Waals surface area contributed by atoms with E-state index in [1.165, 1.54) is 12.5 Å². The van der Waals surface area contributed by atoms with Crippen molar-refractivity contribution >= 4 is 22.9 Å². The Morgan fingerprint density at radius 1 is 1.23 bits per heavy atom. The van der Waals surface area contributed by atoms with Crippen molar-refractivity contribution in [2.75, 3.05) is 0 Å². The second-order valence-electron chi connectivity index (χ2n) is 4.81. The van der Waals surface area contributed by atoms with E-state index in [0.717, 1.165) is 10.8 Å². The molecule has 0 bridgehead atoms. The SMILES string of the molecule is Cc1occc1C(=O)NN=Cc1c(O)ccc2ccccc12. The summed E-state index contributed by atoms with van der Waals surface area (Å²) in [6.07, 6.45) is 2.88. The van der Waals surface area contributed by atoms with Gasteiger partial charge in [0.25, 0.3) is 5.91 Å². The number of fused-ring (bicyclic) bond motifs is 1. The van der Waals surface area contributed by atoms with Gasteiger partial charge in [0, 0.05) is 5.56 Å². The lowest BCUT2D eigenvalue weighted by Crippen LogP contribution is -2.17. The Hall–Kier alpha value is -3.08. The van der Waals surface area contributed by atoms with E-state index in [1.54, 1.807) is 19.1 Å². The zero-order valence-corrected chi connectivity index (χ0v) is 11.9. The van der Waals surface area contributed by atoms with Gasteiger partial charge in [-0.15, -0.1) is 0 Å². The molecule has 1 heterocycles. The van der Waals surface area contributed by atoms with Gasteiger partial charge in [-0.2, -0.15) is 5.10 Å². The summed E-state index contributed by atoms with van der Waals surface area (Å²) >= 11 is 0. The van der Waals surface area contributed by atoms with E-state index in [1.807, 2.05) is 30.3 Å². The van der Waals surface area contributed by atoms with Gasteiger partial charge in [0.1, 0.15) is 11.5 Å². The van der Waals surface area contributed by atoms with E-state index in [0.29, 0.717) is 16.9 Å². The Balaban J connectivity index is 1.86. The average molecular weight is 294 g/mol. The zero-order valence-electron chi connectivity index (χ0n) is 11.9. The maximum absolute atomic E-state index is 11.9. The molecule has 0 spiro atoms. The number of aryl methyl sites for hydroxylation is 1. The van der Waals surface area contributed by atoms with Crippen LogP contribution in [0.15, 0.2) is 58.2 Å². The van der Waals surface area contributed by atoms with Crippen LogP contribution in [-0.2, 0) is 0 Å². The second-order valence-corrected chi connectivity index (χ2v) is 4.81. The Labute approximate surface area is 126 Å². The first-order valence-corrected chi connectivity index (χ1v) is 6.75. The van der Waals surface area contributed by atoms with E-state index in [4.69, 9.17) is 4.42 Å². The van der Waals surface area contributed by atoms with Crippen molar-refractivity contribution in [2.45, 2.75) is 6.92 Å². The van der Waals surface area contributed by atoms with Gasteiger partial charge in [-0.25, -0.2) is 5.43 Å². The van der Waals surface area contributed by atoms with Crippen LogP contribution in [0, 0.1) is 6.92 Å². The van der Waals surface area contributed by atoms with Crippen molar-refractivity contribution < 1.29 is 14.3 Å². The number of nitrogens with one attached hydrogen (secondary N) is 1. The molecule has 110 valence electrons. The number of rotatable bonds is 3. The average Bonchev–Trinajstić information content (AvgIpc) is 2.95. The number of phenolic OH excluding ortho intramolecular Hbond substituents is 1. The molecule has 0 fully saturated rings. The number of carbonyl (C=O) groups excluding carboxylic acids is 1. The van der Waals surface area contributed by atoms with Gasteiger partial charge in [0.15, 0.2) is 0 Å². The maximum Gasteiger partial charge on any atom is 0.274 e. The van der Waals surface area contributed by atoms with Crippen LogP contribution in [0.4, 0.5) is 0 Å². The molecule has 0 atom stereocenters. The number of benzene rings is 2. The van der Waals surface area contributed by atoms with Crippen molar-refractivity contribution in [1.29, 1.82) is 0 Å². The fourth-order valence-electron chi connectivity index (χ4n) is 2.26. The van der Waals surface area contributed by atoms with E-state index >= 15 is 0 Å². The van der Waals surface area contributed by atoms with Crippen LogP contribution in [-0.4, -0.2) is 17.2 Å². The van der Waals surface area contributed by atoms with Gasteiger partial charge in [-0.1, -0.05) is 30.3 Å². The number of aromatic hydroxyl groups is 1. The minimum Gasteiger partial charge on any atom is -0.507 e. The van der Waals surface area contributed by atoms with Crippen LogP contribution in [0.25, 0.3) is 10.8 Å². The first-order chi connectivity index (χ1) is 10.7. The molecular weight excluding hydrogens is 280 g/mol. The lowest BCUT2D eigenvalue weighted by molar-refractivity contribution is 0.0953. The van der Waals surface area contributed by atoms with Crippen molar-refractivity contribution in [2.24, 2.45) is 5.10 Å². The molecule has 0 aliphatic carbocycles. The summed E-state index contributed by atoms with van der Waals surface area (Å²) in [6, 6.07) is 12.6. The normalized spacial score (nSPS) is 11.1. The summed E-state index contributed by atoms with van der Waals surface area (Å²) in [4.78, 5) is 11.9. The molecule has 0 saturated heterocycles. The molecule has 1 aromatic heterocycles. The van der Waals surface area contributed by atoms with E-state index in [9.17, 15) is 9.90 Å². The number of hydrogen-bond acceptors (Lipinski definition) is 4. The quantitative estimate of drug-likeness (QED) is 0.575. The highest BCUT2D eigenvalue weighted by molar-refractivity contribution is 6.03. The molecule has 5 heteroatoms. The zero-order chi connectivity index (χ0) is 15.5. The highest BCUT2D eigenvalue weighted by Crippen LogP contribution is 2.25. The van der Waals surface area contributed by atoms with Gasteiger partial charge in [0.05, 0.1) is 18.0 Å². The highest BCUT2D eigenvalue weighted by atomic mass is 16.3. The standard InChI is InChI=1S/C17H14N2O3/c1-11-13(8-9-22-11)17(21)19-18-10-15-14-5-3-2-4-12(14)6-7-16(15)20/h2-10,20H,1H3,(H,19,21). The third-order valence-electron chi connectivity index (χ3n) is 3.41. The van der Waals surface area contributed by atoms with Gasteiger partial charge in [-0.3, -0.25) is 4.79 Å². The molecule has 2 aromatic carbocycles. The molecule has 0 aliphatic rings. The van der Waals surface area contributed by atoms with Crippen LogP contribution in [0.2, 0.25) is 0 Å². The topological polar surface area (TPSA) is 74.8 Å². The first kappa shape index (κ1) is 13.9. The molecule has 0 saturated carbocycles. The Kier molecular flexibility index (Phi) is 3.62. The predicted octanol–water partition coefficient (Wildman–Crippen LogP) is 3.21.